The number of nitrogens with one attached hydrogen (secondary N) is 2. The Morgan fingerprint density at radius 2 is 1.86 bits per heavy atom. The number of amides is 1. The number of fused-ring (bicyclic) bond motifs is 3. The molecule has 1 amide bonds. The van der Waals surface area contributed by atoms with Gasteiger partial charge in [-0.25, -0.2) is 5.84 Å². The number of nitrogens with two attached hydrogens (primary N) is 1. The summed E-state index contributed by atoms with van der Waals surface area (Å²) in [4.78, 5) is 40.8. The molecule has 4 atom stereocenters. The highest BCUT2D eigenvalue weighted by Gasteiger charge is 2.64. The molecule has 1 fully saturated rings. The summed E-state index contributed by atoms with van der Waals surface area (Å²) in [6.07, 6.45) is 0.291. The third-order valence-electron chi connectivity index (χ3n) is 7.16. The Morgan fingerprint density at radius 3 is 2.43 bits per heavy atom. The standard InChI is InChI=1S/C24H30N4O7/c1-9(2)26-13-5-6-14(29)16-11(13)7-10-8-12-18(28(3)4)20(31)17(23(34)27-25)22(33)24(12,35)21(32)15(10)19(16)30/h5-6,9-10,12,18,26,29-30,33,35H,7-8,25H2,1-4H3,(H,27,34)/t10?,12?,18-,24-/m0/s1. The van der Waals surface area contributed by atoms with Gasteiger partial charge in [0, 0.05) is 23.2 Å². The van der Waals surface area contributed by atoms with Crippen molar-refractivity contribution in [1.29, 1.82) is 0 Å². The molecule has 3 aliphatic carbocycles. The van der Waals surface area contributed by atoms with Crippen LogP contribution in [0.5, 0.6) is 5.75 Å². The van der Waals surface area contributed by atoms with E-state index in [0.717, 1.165) is 0 Å². The maximum absolute atomic E-state index is 13.8. The zero-order valence-electron chi connectivity index (χ0n) is 19.9. The zero-order chi connectivity index (χ0) is 26.0. The van der Waals surface area contributed by atoms with Gasteiger partial charge in [0.25, 0.3) is 5.91 Å². The Kier molecular flexibility index (Phi) is 5.90. The molecule has 1 aromatic carbocycles. The summed E-state index contributed by atoms with van der Waals surface area (Å²) in [5.41, 5.74) is -0.498. The summed E-state index contributed by atoms with van der Waals surface area (Å²) in [6.45, 7) is 3.87. The van der Waals surface area contributed by atoms with Crippen molar-refractivity contribution in [3.05, 3.63) is 40.2 Å². The van der Waals surface area contributed by atoms with Gasteiger partial charge in [0.2, 0.25) is 5.78 Å². The van der Waals surface area contributed by atoms with Crippen LogP contribution in [0.3, 0.4) is 0 Å². The Bertz CT molecular complexity index is 1200. The van der Waals surface area contributed by atoms with Gasteiger partial charge in [0.1, 0.15) is 22.8 Å². The average Bonchev–Trinajstić information content (AvgIpc) is 2.77. The van der Waals surface area contributed by atoms with Gasteiger partial charge in [-0.2, -0.15) is 0 Å². The second-order valence-electron chi connectivity index (χ2n) is 9.86. The summed E-state index contributed by atoms with van der Waals surface area (Å²) in [7, 11) is 3.13. The normalized spacial score (nSPS) is 28.2. The van der Waals surface area contributed by atoms with Crippen molar-refractivity contribution in [2.75, 3.05) is 19.4 Å². The van der Waals surface area contributed by atoms with Gasteiger partial charge in [0.15, 0.2) is 11.4 Å². The zero-order valence-corrected chi connectivity index (χ0v) is 19.9. The molecule has 0 radical (unpaired) electrons. The van der Waals surface area contributed by atoms with E-state index >= 15 is 0 Å². The molecule has 0 spiro atoms. The first kappa shape index (κ1) is 24.7. The molecule has 35 heavy (non-hydrogen) atoms. The Hall–Kier alpha value is -3.41. The van der Waals surface area contributed by atoms with E-state index in [1.807, 2.05) is 13.8 Å². The van der Waals surface area contributed by atoms with Crippen LogP contribution in [0.1, 0.15) is 31.4 Å². The molecular formula is C24H30N4O7. The second-order valence-corrected chi connectivity index (χ2v) is 9.86. The highest BCUT2D eigenvalue weighted by molar-refractivity contribution is 6.24. The number of Topliss-reactive ketones (excluding diaryl/α,β-unsaturated/α-hetero) is 2. The summed E-state index contributed by atoms with van der Waals surface area (Å²) < 4.78 is 0. The van der Waals surface area contributed by atoms with Crippen LogP contribution in [-0.4, -0.2) is 74.6 Å². The van der Waals surface area contributed by atoms with E-state index in [1.54, 1.807) is 25.6 Å². The van der Waals surface area contributed by atoms with E-state index in [4.69, 9.17) is 5.84 Å². The molecule has 8 N–H and O–H groups in total. The average molecular weight is 487 g/mol. The number of carbonyl (C=O) groups is 3. The minimum Gasteiger partial charge on any atom is -0.508 e. The summed E-state index contributed by atoms with van der Waals surface area (Å²) >= 11 is 0. The third-order valence-corrected chi connectivity index (χ3v) is 7.16. The lowest BCUT2D eigenvalue weighted by molar-refractivity contribution is -0.153. The lowest BCUT2D eigenvalue weighted by Gasteiger charge is -2.50. The van der Waals surface area contributed by atoms with Gasteiger partial charge in [-0.3, -0.25) is 24.7 Å². The van der Waals surface area contributed by atoms with Crippen molar-refractivity contribution in [3.63, 3.8) is 0 Å². The van der Waals surface area contributed by atoms with Gasteiger partial charge >= 0.3 is 0 Å². The number of phenols is 1. The molecule has 0 saturated heterocycles. The number of aromatic hydroxyl groups is 1. The van der Waals surface area contributed by atoms with Crippen LogP contribution in [0.4, 0.5) is 5.69 Å². The third kappa shape index (κ3) is 3.41. The highest BCUT2D eigenvalue weighted by atomic mass is 16.3. The molecule has 0 aliphatic heterocycles. The second kappa shape index (κ2) is 8.36. The molecule has 0 bridgehead atoms. The van der Waals surface area contributed by atoms with Crippen LogP contribution in [-0.2, 0) is 20.8 Å². The van der Waals surface area contributed by atoms with Crippen LogP contribution in [0.25, 0.3) is 5.76 Å². The molecule has 0 heterocycles. The predicted molar refractivity (Wildman–Crippen MR) is 126 cm³/mol. The van der Waals surface area contributed by atoms with Crippen molar-refractivity contribution in [3.8, 4) is 5.75 Å². The first-order chi connectivity index (χ1) is 16.4. The first-order valence-corrected chi connectivity index (χ1v) is 11.3. The maximum Gasteiger partial charge on any atom is 0.272 e. The van der Waals surface area contributed by atoms with Gasteiger partial charge in [-0.05, 0) is 64.4 Å². The number of ketones is 2. The molecule has 11 nitrogen and oxygen atoms in total. The fourth-order valence-electron chi connectivity index (χ4n) is 5.74. The molecule has 1 aromatic rings. The van der Waals surface area contributed by atoms with Crippen molar-refractivity contribution in [1.82, 2.24) is 10.3 Å². The number of aliphatic hydroxyl groups is 3. The van der Waals surface area contributed by atoms with Crippen LogP contribution in [0, 0.1) is 11.8 Å². The molecule has 1 saturated carbocycles. The number of benzene rings is 1. The molecule has 0 aromatic heterocycles. The minimum absolute atomic E-state index is 0.0496. The molecule has 11 heteroatoms. The number of hydrogen-bond acceptors (Lipinski definition) is 10. The minimum atomic E-state index is -2.65. The largest absolute Gasteiger partial charge is 0.508 e. The lowest BCUT2D eigenvalue weighted by atomic mass is 9.57. The molecule has 188 valence electrons. The molecular weight excluding hydrogens is 456 g/mol. The van der Waals surface area contributed by atoms with Gasteiger partial charge in [0.05, 0.1) is 11.6 Å². The van der Waals surface area contributed by atoms with Gasteiger partial charge in [-0.15, -0.1) is 0 Å². The monoisotopic (exact) mass is 486 g/mol. The Morgan fingerprint density at radius 1 is 1.20 bits per heavy atom. The fourth-order valence-corrected chi connectivity index (χ4v) is 5.74. The SMILES string of the molecule is CC(C)Nc1ccc(O)c2c1CC1CC3[C@H](N(C)C)C(=O)C(C(=O)NN)=C(O)[C@@]3(O)C(=O)C1=C2O. The Balaban J connectivity index is 1.96. The summed E-state index contributed by atoms with van der Waals surface area (Å²) in [5, 5.41) is 47.6. The number of nitrogens with zero attached hydrogens (tertiary/aromatic N) is 1. The van der Waals surface area contributed by atoms with Crippen molar-refractivity contribution >= 4 is 28.9 Å². The van der Waals surface area contributed by atoms with Gasteiger partial charge < -0.3 is 25.7 Å². The summed E-state index contributed by atoms with van der Waals surface area (Å²) in [5.74, 6) is -1.32. The number of rotatable bonds is 4. The smallest absolute Gasteiger partial charge is 0.272 e. The van der Waals surface area contributed by atoms with E-state index in [2.05, 4.69) is 5.32 Å². The molecule has 4 rings (SSSR count). The number of hydrogen-bond donors (Lipinski definition) is 7. The Labute approximate surface area is 201 Å². The van der Waals surface area contributed by atoms with Crippen molar-refractivity contribution in [2.24, 2.45) is 17.7 Å². The van der Waals surface area contributed by atoms with E-state index in [-0.39, 0.29) is 35.8 Å². The highest BCUT2D eigenvalue weighted by Crippen LogP contribution is 2.53. The number of anilines is 1. The fraction of sp³-hybridized carbons (Fsp3) is 0.458. The summed E-state index contributed by atoms with van der Waals surface area (Å²) in [6, 6.07) is 2.02. The number of aliphatic hydroxyl groups excluding tert-OH is 2. The van der Waals surface area contributed by atoms with E-state index in [0.29, 0.717) is 11.3 Å². The topological polar surface area (TPSA) is 185 Å². The van der Waals surface area contributed by atoms with Crippen molar-refractivity contribution in [2.45, 2.75) is 44.4 Å². The number of phenolic OH excluding ortho intramolecular Hbond substituents is 1. The van der Waals surface area contributed by atoms with Crippen LogP contribution < -0.4 is 16.6 Å². The van der Waals surface area contributed by atoms with E-state index < -0.39 is 58.0 Å². The van der Waals surface area contributed by atoms with Crippen LogP contribution >= 0.6 is 0 Å². The van der Waals surface area contributed by atoms with Crippen LogP contribution in [0.2, 0.25) is 0 Å². The molecule has 3 aliphatic rings. The number of carbonyl (C=O) groups excluding carboxylic acids is 3. The van der Waals surface area contributed by atoms with E-state index in [1.165, 1.54) is 11.0 Å². The lowest BCUT2D eigenvalue weighted by Crippen LogP contribution is -2.66. The predicted octanol–water partition coefficient (Wildman–Crippen LogP) is 0.289. The van der Waals surface area contributed by atoms with E-state index in [9.17, 15) is 34.8 Å². The van der Waals surface area contributed by atoms with Crippen LogP contribution in [0.15, 0.2) is 29.0 Å². The first-order valence-electron chi connectivity index (χ1n) is 11.3. The quantitative estimate of drug-likeness (QED) is 0.103. The number of hydrazine groups is 1. The number of likely N-dealkylation sites (N-methyl/N-ethyl adjacent to an activating group) is 1. The molecule has 2 unspecified atom stereocenters. The van der Waals surface area contributed by atoms with Crippen molar-refractivity contribution < 1.29 is 34.8 Å². The maximum atomic E-state index is 13.8. The van der Waals surface area contributed by atoms with Gasteiger partial charge in [-0.1, -0.05) is 0 Å².